The maximum atomic E-state index is 5.70. The first kappa shape index (κ1) is 16.0. The van der Waals surface area contributed by atoms with Crippen molar-refractivity contribution in [2.45, 2.75) is 33.0 Å². The molecule has 0 unspecified atom stereocenters. The number of rotatable bonds is 9. The van der Waals surface area contributed by atoms with Crippen LogP contribution in [0.3, 0.4) is 0 Å². The van der Waals surface area contributed by atoms with Gasteiger partial charge in [-0.1, -0.05) is 18.2 Å². The van der Waals surface area contributed by atoms with Crippen molar-refractivity contribution in [3.8, 4) is 0 Å². The number of methoxy groups -OCH3 is 1. The Morgan fingerprint density at radius 1 is 1.19 bits per heavy atom. The molecule has 2 aromatic rings. The zero-order valence-electron chi connectivity index (χ0n) is 13.3. The lowest BCUT2D eigenvalue weighted by molar-refractivity contribution is 0.0729. The normalized spacial score (nSPS) is 11.6. The van der Waals surface area contributed by atoms with Crippen molar-refractivity contribution in [2.75, 3.05) is 26.9 Å². The fraction of sp³-hybridized carbons (Fsp3) is 0.529. The molecule has 0 bridgehead atoms. The molecular weight excluding hydrogens is 264 g/mol. The number of nitrogens with zero attached hydrogens (tertiary/aromatic N) is 1. The molecule has 21 heavy (non-hydrogen) atoms. The van der Waals surface area contributed by atoms with E-state index < -0.39 is 0 Å². The molecule has 0 aliphatic heterocycles. The van der Waals surface area contributed by atoms with E-state index in [0.717, 1.165) is 32.8 Å². The lowest BCUT2D eigenvalue weighted by atomic mass is 10.2. The second kappa shape index (κ2) is 8.17. The van der Waals surface area contributed by atoms with E-state index in [9.17, 15) is 0 Å². The topological polar surface area (TPSA) is 35.4 Å². The minimum Gasteiger partial charge on any atom is -0.383 e. The van der Waals surface area contributed by atoms with Gasteiger partial charge in [0.15, 0.2) is 0 Å². The molecule has 1 heterocycles. The van der Waals surface area contributed by atoms with Gasteiger partial charge in [-0.05, 0) is 31.4 Å². The Morgan fingerprint density at radius 2 is 2.00 bits per heavy atom. The van der Waals surface area contributed by atoms with Gasteiger partial charge in [0.25, 0.3) is 0 Å². The van der Waals surface area contributed by atoms with E-state index in [2.05, 4.69) is 54.1 Å². The van der Waals surface area contributed by atoms with Crippen LogP contribution in [0.5, 0.6) is 0 Å². The summed E-state index contributed by atoms with van der Waals surface area (Å²) in [5, 5.41) is 4.70. The summed E-state index contributed by atoms with van der Waals surface area (Å²) in [7, 11) is 1.72. The van der Waals surface area contributed by atoms with Crippen molar-refractivity contribution in [3.05, 3.63) is 36.0 Å². The van der Waals surface area contributed by atoms with E-state index in [0.29, 0.717) is 0 Å². The Balaban J connectivity index is 2.09. The number of fused-ring (bicyclic) bond motifs is 1. The largest absolute Gasteiger partial charge is 0.383 e. The second-order valence-electron chi connectivity index (χ2n) is 5.44. The van der Waals surface area contributed by atoms with Gasteiger partial charge in [-0.15, -0.1) is 0 Å². The van der Waals surface area contributed by atoms with Gasteiger partial charge >= 0.3 is 0 Å². The summed E-state index contributed by atoms with van der Waals surface area (Å²) in [6.45, 7) is 8.20. The molecule has 1 N–H and O–H groups in total. The summed E-state index contributed by atoms with van der Waals surface area (Å²) in [6, 6.07) is 10.8. The SMILES string of the molecule is COCCNCc1cc2ccccc2n1CCOC(C)C. The van der Waals surface area contributed by atoms with Gasteiger partial charge in [-0.2, -0.15) is 0 Å². The van der Waals surface area contributed by atoms with Crippen molar-refractivity contribution in [2.24, 2.45) is 0 Å². The van der Waals surface area contributed by atoms with Crippen LogP contribution in [0.4, 0.5) is 0 Å². The third-order valence-electron chi connectivity index (χ3n) is 3.45. The fourth-order valence-electron chi connectivity index (χ4n) is 2.45. The van der Waals surface area contributed by atoms with Crippen LogP contribution in [-0.2, 0) is 22.6 Å². The summed E-state index contributed by atoms with van der Waals surface area (Å²) in [5.74, 6) is 0. The Bertz CT molecular complexity index is 549. The molecule has 0 saturated heterocycles. The molecule has 0 aliphatic rings. The van der Waals surface area contributed by atoms with Crippen LogP contribution < -0.4 is 5.32 Å². The number of aromatic nitrogens is 1. The van der Waals surface area contributed by atoms with Crippen molar-refractivity contribution < 1.29 is 9.47 Å². The van der Waals surface area contributed by atoms with Crippen LogP contribution in [-0.4, -0.2) is 37.5 Å². The van der Waals surface area contributed by atoms with Gasteiger partial charge in [0.2, 0.25) is 0 Å². The standard InChI is InChI=1S/C17H26N2O2/c1-14(2)21-11-9-19-16(13-18-8-10-20-3)12-15-6-4-5-7-17(15)19/h4-7,12,14,18H,8-11,13H2,1-3H3. The molecule has 0 aliphatic carbocycles. The number of para-hydroxylation sites is 1. The third kappa shape index (κ3) is 4.56. The molecule has 0 saturated carbocycles. The Labute approximate surface area is 127 Å². The Morgan fingerprint density at radius 3 is 2.76 bits per heavy atom. The second-order valence-corrected chi connectivity index (χ2v) is 5.44. The van der Waals surface area contributed by atoms with Gasteiger partial charge in [-0.25, -0.2) is 0 Å². The lowest BCUT2D eigenvalue weighted by Gasteiger charge is -2.13. The van der Waals surface area contributed by atoms with Crippen LogP contribution >= 0.6 is 0 Å². The predicted molar refractivity (Wildman–Crippen MR) is 86.6 cm³/mol. The van der Waals surface area contributed by atoms with E-state index in [1.807, 2.05) is 0 Å². The zero-order chi connectivity index (χ0) is 15.1. The Kier molecular flexibility index (Phi) is 6.23. The molecule has 4 heteroatoms. The van der Waals surface area contributed by atoms with Crippen LogP contribution in [0, 0.1) is 0 Å². The van der Waals surface area contributed by atoms with E-state index >= 15 is 0 Å². The van der Waals surface area contributed by atoms with Crippen molar-refractivity contribution >= 4 is 10.9 Å². The minimum absolute atomic E-state index is 0.273. The van der Waals surface area contributed by atoms with Crippen molar-refractivity contribution in [3.63, 3.8) is 0 Å². The monoisotopic (exact) mass is 290 g/mol. The van der Waals surface area contributed by atoms with E-state index in [-0.39, 0.29) is 6.10 Å². The molecule has 116 valence electrons. The summed E-state index contributed by atoms with van der Waals surface area (Å²) in [4.78, 5) is 0. The fourth-order valence-corrected chi connectivity index (χ4v) is 2.45. The summed E-state index contributed by atoms with van der Waals surface area (Å²) in [6.07, 6.45) is 0.273. The van der Waals surface area contributed by atoms with Crippen LogP contribution in [0.15, 0.2) is 30.3 Å². The molecular formula is C17H26N2O2. The highest BCUT2D eigenvalue weighted by Gasteiger charge is 2.08. The molecule has 0 amide bonds. The van der Waals surface area contributed by atoms with Crippen LogP contribution in [0.25, 0.3) is 10.9 Å². The first-order valence-electron chi connectivity index (χ1n) is 7.60. The van der Waals surface area contributed by atoms with Crippen LogP contribution in [0.2, 0.25) is 0 Å². The molecule has 1 aromatic carbocycles. The first-order valence-corrected chi connectivity index (χ1v) is 7.60. The molecule has 1 aromatic heterocycles. The van der Waals surface area contributed by atoms with Crippen molar-refractivity contribution in [1.29, 1.82) is 0 Å². The summed E-state index contributed by atoms with van der Waals surface area (Å²) in [5.41, 5.74) is 2.56. The first-order chi connectivity index (χ1) is 10.2. The van der Waals surface area contributed by atoms with E-state index in [1.54, 1.807) is 7.11 Å². The molecule has 4 nitrogen and oxygen atoms in total. The minimum atomic E-state index is 0.273. The molecule has 0 fully saturated rings. The lowest BCUT2D eigenvalue weighted by Crippen LogP contribution is -2.21. The number of hydrogen-bond acceptors (Lipinski definition) is 3. The summed E-state index contributed by atoms with van der Waals surface area (Å²) < 4.78 is 13.1. The smallest absolute Gasteiger partial charge is 0.0649 e. The zero-order valence-corrected chi connectivity index (χ0v) is 13.3. The highest BCUT2D eigenvalue weighted by molar-refractivity contribution is 5.81. The van der Waals surface area contributed by atoms with Crippen LogP contribution in [0.1, 0.15) is 19.5 Å². The molecule has 0 radical (unpaired) electrons. The van der Waals surface area contributed by atoms with Gasteiger partial charge in [0.1, 0.15) is 0 Å². The van der Waals surface area contributed by atoms with Crippen molar-refractivity contribution in [1.82, 2.24) is 9.88 Å². The molecule has 0 atom stereocenters. The average molecular weight is 290 g/mol. The van der Waals surface area contributed by atoms with Gasteiger partial charge in [0.05, 0.1) is 19.3 Å². The Hall–Kier alpha value is -1.36. The van der Waals surface area contributed by atoms with E-state index in [1.165, 1.54) is 16.6 Å². The molecule has 2 rings (SSSR count). The number of hydrogen-bond donors (Lipinski definition) is 1. The number of nitrogens with one attached hydrogen (secondary N) is 1. The number of ether oxygens (including phenoxy) is 2. The summed E-state index contributed by atoms with van der Waals surface area (Å²) >= 11 is 0. The number of benzene rings is 1. The highest BCUT2D eigenvalue weighted by Crippen LogP contribution is 2.19. The maximum absolute atomic E-state index is 5.70. The molecule has 0 spiro atoms. The third-order valence-corrected chi connectivity index (χ3v) is 3.45. The highest BCUT2D eigenvalue weighted by atomic mass is 16.5. The average Bonchev–Trinajstić information content (AvgIpc) is 2.81. The van der Waals surface area contributed by atoms with E-state index in [4.69, 9.17) is 9.47 Å². The van der Waals surface area contributed by atoms with Gasteiger partial charge in [-0.3, -0.25) is 0 Å². The maximum Gasteiger partial charge on any atom is 0.0649 e. The predicted octanol–water partition coefficient (Wildman–Crippen LogP) is 2.80. The van der Waals surface area contributed by atoms with Gasteiger partial charge in [0, 0.05) is 38.0 Å². The van der Waals surface area contributed by atoms with Gasteiger partial charge < -0.3 is 19.4 Å². The quantitative estimate of drug-likeness (QED) is 0.721.